The van der Waals surface area contributed by atoms with Crippen LogP contribution < -0.4 is 9.47 Å². The third-order valence-electron chi connectivity index (χ3n) is 8.37. The maximum Gasteiger partial charge on any atom is 0.253 e. The highest BCUT2D eigenvalue weighted by Gasteiger charge is 2.34. The van der Waals surface area contributed by atoms with Crippen LogP contribution in [0.4, 0.5) is 0 Å². The number of H-pyrrole nitrogens is 1. The van der Waals surface area contributed by atoms with E-state index in [1.807, 2.05) is 58.3 Å². The lowest BCUT2D eigenvalue weighted by atomic mass is 9.92. The van der Waals surface area contributed by atoms with Gasteiger partial charge in [0.25, 0.3) is 5.91 Å². The minimum Gasteiger partial charge on any atom is -0.454 e. The van der Waals surface area contributed by atoms with Gasteiger partial charge in [-0.25, -0.2) is 0 Å². The second-order valence-corrected chi connectivity index (χ2v) is 10.9. The zero-order chi connectivity index (χ0) is 27.9. The number of ether oxygens (including phenoxy) is 2. The Bertz CT molecular complexity index is 1670. The van der Waals surface area contributed by atoms with Crippen molar-refractivity contribution >= 4 is 28.8 Å². The van der Waals surface area contributed by atoms with Crippen LogP contribution in [-0.4, -0.2) is 78.1 Å². The van der Waals surface area contributed by atoms with Crippen molar-refractivity contribution in [3.63, 3.8) is 0 Å². The summed E-state index contributed by atoms with van der Waals surface area (Å²) in [5.74, 6) is 1.35. The van der Waals surface area contributed by atoms with Crippen molar-refractivity contribution in [1.29, 1.82) is 0 Å². The van der Waals surface area contributed by atoms with E-state index in [4.69, 9.17) is 9.47 Å². The molecule has 0 saturated carbocycles. The number of aromatic amines is 1. The molecule has 2 amide bonds. The van der Waals surface area contributed by atoms with Crippen LogP contribution in [0.25, 0.3) is 17.0 Å². The second-order valence-electron chi connectivity index (χ2n) is 10.9. The van der Waals surface area contributed by atoms with Gasteiger partial charge >= 0.3 is 0 Å². The minimum atomic E-state index is -0.303. The Hall–Kier alpha value is -4.56. The molecule has 3 aliphatic rings. The van der Waals surface area contributed by atoms with E-state index in [0.29, 0.717) is 23.6 Å². The van der Waals surface area contributed by atoms with Crippen molar-refractivity contribution in [3.8, 4) is 11.5 Å². The van der Waals surface area contributed by atoms with Crippen molar-refractivity contribution in [2.45, 2.75) is 12.5 Å². The van der Waals surface area contributed by atoms with Crippen molar-refractivity contribution in [2.75, 3.05) is 46.6 Å². The first-order chi connectivity index (χ1) is 20.0. The van der Waals surface area contributed by atoms with Gasteiger partial charge in [0.15, 0.2) is 11.5 Å². The number of nitrogens with one attached hydrogen (secondary N) is 1. The molecule has 4 heterocycles. The Labute approximate surface area is 238 Å². The number of carbonyl (C=O) groups excluding carboxylic acids is 2. The molecular weight excluding hydrogens is 516 g/mol. The normalized spacial score (nSPS) is 18.7. The summed E-state index contributed by atoms with van der Waals surface area (Å²) in [5, 5.41) is 1.19. The van der Waals surface area contributed by atoms with Gasteiger partial charge in [-0.3, -0.25) is 9.59 Å². The molecule has 1 unspecified atom stereocenters. The lowest BCUT2D eigenvalue weighted by Crippen LogP contribution is -2.47. The van der Waals surface area contributed by atoms with Crippen molar-refractivity contribution in [1.82, 2.24) is 19.7 Å². The fraction of sp³-hybridized carbons (Fsp3) is 0.273. The zero-order valence-corrected chi connectivity index (χ0v) is 23.0. The molecule has 4 aromatic rings. The van der Waals surface area contributed by atoms with Gasteiger partial charge in [-0.05, 0) is 66.6 Å². The number of benzene rings is 3. The molecule has 7 rings (SSSR count). The van der Waals surface area contributed by atoms with Crippen LogP contribution in [0.2, 0.25) is 0 Å². The Kier molecular flexibility index (Phi) is 6.47. The van der Waals surface area contributed by atoms with Crippen LogP contribution in [0, 0.1) is 0 Å². The monoisotopic (exact) mass is 548 g/mol. The van der Waals surface area contributed by atoms with E-state index in [2.05, 4.69) is 35.1 Å². The lowest BCUT2D eigenvalue weighted by molar-refractivity contribution is -0.128. The molecule has 0 bridgehead atoms. The van der Waals surface area contributed by atoms with Crippen LogP contribution in [-0.2, 0) is 11.2 Å². The average Bonchev–Trinajstić information content (AvgIpc) is 3.64. The molecule has 1 saturated heterocycles. The van der Waals surface area contributed by atoms with E-state index >= 15 is 0 Å². The fourth-order valence-electron chi connectivity index (χ4n) is 6.14. The Morgan fingerprint density at radius 2 is 1.73 bits per heavy atom. The average molecular weight is 549 g/mol. The largest absolute Gasteiger partial charge is 0.454 e. The number of carbonyl (C=O) groups is 2. The predicted molar refractivity (Wildman–Crippen MR) is 157 cm³/mol. The van der Waals surface area contributed by atoms with E-state index in [0.717, 1.165) is 54.9 Å². The summed E-state index contributed by atoms with van der Waals surface area (Å²) in [7, 11) is 2.07. The van der Waals surface area contributed by atoms with E-state index < -0.39 is 0 Å². The number of hydrogen-bond donors (Lipinski definition) is 1. The first-order valence-corrected chi connectivity index (χ1v) is 14.1. The third kappa shape index (κ3) is 4.74. The summed E-state index contributed by atoms with van der Waals surface area (Å²) < 4.78 is 11.2. The maximum atomic E-state index is 13.8. The number of fused-ring (bicyclic) bond motifs is 4. The standard InChI is InChI=1S/C33H32N4O4/c1-35-15-17-36(18-16-35)33(39)24-6-4-5-22(19-24)9-12-30(38)37-14-13-26-25-7-2-3-8-27(25)34-31(26)32(37)23-10-11-28-29(20-23)41-21-40-28/h2-12,19-20,32,34H,13-18,21H2,1H3. The van der Waals surface area contributed by atoms with Gasteiger partial charge in [0, 0.05) is 61.0 Å². The quantitative estimate of drug-likeness (QED) is 0.381. The van der Waals surface area contributed by atoms with E-state index in [1.165, 1.54) is 10.9 Å². The summed E-state index contributed by atoms with van der Waals surface area (Å²) in [5.41, 5.74) is 5.76. The first-order valence-electron chi connectivity index (χ1n) is 14.1. The Morgan fingerprint density at radius 3 is 2.61 bits per heavy atom. The highest BCUT2D eigenvalue weighted by molar-refractivity contribution is 5.96. The number of nitrogens with zero attached hydrogens (tertiary/aromatic N) is 3. The number of hydrogen-bond acceptors (Lipinski definition) is 5. The maximum absolute atomic E-state index is 13.8. The van der Waals surface area contributed by atoms with Gasteiger partial charge in [-0.1, -0.05) is 36.4 Å². The molecule has 41 heavy (non-hydrogen) atoms. The van der Waals surface area contributed by atoms with Gasteiger partial charge in [-0.15, -0.1) is 0 Å². The molecule has 1 N–H and O–H groups in total. The number of rotatable bonds is 4. The van der Waals surface area contributed by atoms with Crippen LogP contribution in [0.3, 0.4) is 0 Å². The van der Waals surface area contributed by atoms with Crippen molar-refractivity contribution in [3.05, 3.63) is 101 Å². The minimum absolute atomic E-state index is 0.0323. The van der Waals surface area contributed by atoms with Crippen LogP contribution in [0.5, 0.6) is 11.5 Å². The van der Waals surface area contributed by atoms with E-state index in [9.17, 15) is 9.59 Å². The highest BCUT2D eigenvalue weighted by atomic mass is 16.7. The van der Waals surface area contributed by atoms with Crippen molar-refractivity contribution in [2.24, 2.45) is 0 Å². The SMILES string of the molecule is CN1CCN(C(=O)c2cccc(C=CC(=O)N3CCc4c([nH]c5ccccc45)C3c3ccc4c(c3)OCO4)c2)CC1. The topological polar surface area (TPSA) is 78.1 Å². The molecule has 0 spiro atoms. The summed E-state index contributed by atoms with van der Waals surface area (Å²) in [6.07, 6.45) is 4.18. The molecule has 0 radical (unpaired) electrons. The molecule has 1 fully saturated rings. The van der Waals surface area contributed by atoms with Gasteiger partial charge in [0.1, 0.15) is 0 Å². The van der Waals surface area contributed by atoms with Gasteiger partial charge in [0.05, 0.1) is 6.04 Å². The summed E-state index contributed by atoms with van der Waals surface area (Å²) >= 11 is 0. The van der Waals surface area contributed by atoms with Crippen LogP contribution in [0.1, 0.15) is 38.8 Å². The molecule has 1 aromatic heterocycles. The number of piperazine rings is 1. The van der Waals surface area contributed by atoms with Crippen LogP contribution >= 0.6 is 0 Å². The molecule has 3 aliphatic heterocycles. The number of likely N-dealkylation sites (N-methyl/N-ethyl adjacent to an activating group) is 1. The summed E-state index contributed by atoms with van der Waals surface area (Å²) in [4.78, 5) is 36.5. The van der Waals surface area contributed by atoms with Crippen molar-refractivity contribution < 1.29 is 19.1 Å². The zero-order valence-electron chi connectivity index (χ0n) is 23.0. The second kappa shape index (κ2) is 10.4. The summed E-state index contributed by atoms with van der Waals surface area (Å²) in [6.45, 7) is 3.97. The number of para-hydroxylation sites is 1. The van der Waals surface area contributed by atoms with Crippen LogP contribution in [0.15, 0.2) is 72.8 Å². The summed E-state index contributed by atoms with van der Waals surface area (Å²) in [6, 6.07) is 21.4. The van der Waals surface area contributed by atoms with Gasteiger partial charge < -0.3 is 29.2 Å². The first kappa shape index (κ1) is 25.4. The molecule has 3 aromatic carbocycles. The molecule has 8 heteroatoms. The highest BCUT2D eigenvalue weighted by Crippen LogP contribution is 2.42. The third-order valence-corrected chi connectivity index (χ3v) is 8.37. The molecule has 208 valence electrons. The number of amides is 2. The Morgan fingerprint density at radius 1 is 0.902 bits per heavy atom. The lowest BCUT2D eigenvalue weighted by Gasteiger charge is -2.35. The Balaban J connectivity index is 1.18. The smallest absolute Gasteiger partial charge is 0.253 e. The molecule has 8 nitrogen and oxygen atoms in total. The van der Waals surface area contributed by atoms with Gasteiger partial charge in [0.2, 0.25) is 12.7 Å². The van der Waals surface area contributed by atoms with E-state index in [1.54, 1.807) is 12.2 Å². The van der Waals surface area contributed by atoms with Gasteiger partial charge in [-0.2, -0.15) is 0 Å². The molecular formula is C33H32N4O4. The number of aromatic nitrogens is 1. The fourth-order valence-corrected chi connectivity index (χ4v) is 6.14. The van der Waals surface area contributed by atoms with E-state index in [-0.39, 0.29) is 24.6 Å². The molecule has 1 atom stereocenters. The molecule has 0 aliphatic carbocycles. The predicted octanol–water partition coefficient (Wildman–Crippen LogP) is 4.47.